The summed E-state index contributed by atoms with van der Waals surface area (Å²) in [5.41, 5.74) is 7.99. The maximum Gasteiger partial charge on any atom is 0.107 e. The standard InChI is InChI=1S/C23H29N3S2/c1-23(9-4-12-26(23)16-21-24-11-14-27-21)10-13-28-25-22-19-7-2-5-17(19)15-18-6-3-8-20(18)22/h10-11,13-15,25H,2-9,12,16H2,1H3/b13-10+/t23-/m0/s1. The van der Waals surface area contributed by atoms with Crippen LogP contribution in [0.1, 0.15) is 59.9 Å². The summed E-state index contributed by atoms with van der Waals surface area (Å²) in [7, 11) is 0. The number of benzene rings is 1. The molecule has 1 N–H and O–H groups in total. The number of anilines is 1. The lowest BCUT2D eigenvalue weighted by Gasteiger charge is -2.31. The van der Waals surface area contributed by atoms with Gasteiger partial charge in [-0.05, 0) is 104 Å². The molecule has 1 atom stereocenters. The third-order valence-corrected chi connectivity index (χ3v) is 8.13. The number of hydrogen-bond donors (Lipinski definition) is 1. The fourth-order valence-electron chi connectivity index (χ4n) is 5.20. The van der Waals surface area contributed by atoms with Crippen LogP contribution in [0, 0.1) is 0 Å². The number of hydrogen-bond acceptors (Lipinski definition) is 5. The summed E-state index contributed by atoms with van der Waals surface area (Å²) in [6.45, 7) is 4.51. The van der Waals surface area contributed by atoms with Crippen molar-refractivity contribution in [3.63, 3.8) is 0 Å². The Bertz CT molecular complexity index is 842. The first-order chi connectivity index (χ1) is 13.7. The molecule has 3 nitrogen and oxygen atoms in total. The molecule has 3 aliphatic rings. The van der Waals surface area contributed by atoms with Gasteiger partial charge in [0.2, 0.25) is 0 Å². The third-order valence-electron chi connectivity index (χ3n) is 6.77. The molecule has 0 saturated carbocycles. The molecule has 1 aliphatic heterocycles. The van der Waals surface area contributed by atoms with E-state index in [1.807, 2.05) is 6.20 Å². The van der Waals surface area contributed by atoms with Gasteiger partial charge < -0.3 is 4.72 Å². The lowest BCUT2D eigenvalue weighted by atomic mass is 9.99. The monoisotopic (exact) mass is 411 g/mol. The van der Waals surface area contributed by atoms with E-state index in [1.54, 1.807) is 45.5 Å². The second-order valence-corrected chi connectivity index (χ2v) is 10.3. The van der Waals surface area contributed by atoms with Crippen LogP contribution in [0.15, 0.2) is 29.1 Å². The molecule has 1 saturated heterocycles. The molecule has 5 heteroatoms. The Morgan fingerprint density at radius 3 is 2.68 bits per heavy atom. The summed E-state index contributed by atoms with van der Waals surface area (Å²) in [5.74, 6) is 0. The summed E-state index contributed by atoms with van der Waals surface area (Å²) in [5, 5.41) is 5.59. The molecular formula is C23H29N3S2. The first-order valence-electron chi connectivity index (χ1n) is 10.6. The van der Waals surface area contributed by atoms with Crippen molar-refractivity contribution >= 4 is 29.0 Å². The average molecular weight is 412 g/mol. The molecule has 0 bridgehead atoms. The fourth-order valence-corrected chi connectivity index (χ4v) is 6.62. The SMILES string of the molecule is C[C@@]1(/C=C/SNc2c3c(cc4c2CCC4)CCC3)CCCN1Cc1nccs1. The van der Waals surface area contributed by atoms with Gasteiger partial charge in [0.05, 0.1) is 12.2 Å². The highest BCUT2D eigenvalue weighted by Crippen LogP contribution is 2.40. The van der Waals surface area contributed by atoms with E-state index in [0.29, 0.717) is 0 Å². The number of aryl methyl sites for hydroxylation is 2. The maximum atomic E-state index is 4.48. The molecule has 0 spiro atoms. The Morgan fingerprint density at radius 2 is 1.96 bits per heavy atom. The molecule has 1 aromatic heterocycles. The van der Waals surface area contributed by atoms with Gasteiger partial charge in [0.25, 0.3) is 0 Å². The minimum atomic E-state index is 0.140. The van der Waals surface area contributed by atoms with Gasteiger partial charge in [-0.2, -0.15) is 0 Å². The number of nitrogens with one attached hydrogen (secondary N) is 1. The maximum absolute atomic E-state index is 4.48. The summed E-state index contributed by atoms with van der Waals surface area (Å²) in [6, 6.07) is 2.51. The van der Waals surface area contributed by atoms with Crippen molar-refractivity contribution in [2.45, 2.75) is 70.4 Å². The fraction of sp³-hybridized carbons (Fsp3) is 0.522. The highest BCUT2D eigenvalue weighted by molar-refractivity contribution is 8.03. The molecule has 0 amide bonds. The molecule has 5 rings (SSSR count). The number of fused-ring (bicyclic) bond motifs is 2. The summed E-state index contributed by atoms with van der Waals surface area (Å²) in [4.78, 5) is 7.07. The molecule has 28 heavy (non-hydrogen) atoms. The largest absolute Gasteiger partial charge is 0.326 e. The zero-order chi connectivity index (χ0) is 19.0. The van der Waals surface area contributed by atoms with Gasteiger partial charge >= 0.3 is 0 Å². The van der Waals surface area contributed by atoms with Gasteiger partial charge in [-0.25, -0.2) is 4.98 Å². The van der Waals surface area contributed by atoms with E-state index >= 15 is 0 Å². The van der Waals surface area contributed by atoms with E-state index in [9.17, 15) is 0 Å². The average Bonchev–Trinajstić information content (AvgIpc) is 3.47. The van der Waals surface area contributed by atoms with Gasteiger partial charge in [0.1, 0.15) is 5.01 Å². The zero-order valence-corrected chi connectivity index (χ0v) is 18.3. The van der Waals surface area contributed by atoms with Crippen molar-refractivity contribution in [2.75, 3.05) is 11.3 Å². The summed E-state index contributed by atoms with van der Waals surface area (Å²) in [6.07, 6.45) is 14.5. The zero-order valence-electron chi connectivity index (χ0n) is 16.7. The Kier molecular flexibility index (Phi) is 5.24. The quantitative estimate of drug-likeness (QED) is 0.613. The van der Waals surface area contributed by atoms with E-state index in [2.05, 4.69) is 44.5 Å². The van der Waals surface area contributed by atoms with Crippen LogP contribution in [-0.4, -0.2) is 22.0 Å². The highest BCUT2D eigenvalue weighted by Gasteiger charge is 2.34. The molecule has 1 fully saturated rings. The highest BCUT2D eigenvalue weighted by atomic mass is 32.2. The van der Waals surface area contributed by atoms with Gasteiger partial charge in [-0.15, -0.1) is 11.3 Å². The second-order valence-electron chi connectivity index (χ2n) is 8.56. The van der Waals surface area contributed by atoms with Crippen molar-refractivity contribution in [3.8, 4) is 0 Å². The van der Waals surface area contributed by atoms with Gasteiger partial charge in [0.15, 0.2) is 0 Å². The predicted octanol–water partition coefficient (Wildman–Crippen LogP) is 5.75. The number of likely N-dealkylation sites (tertiary alicyclic amines) is 1. The van der Waals surface area contributed by atoms with Crippen molar-refractivity contribution in [3.05, 3.63) is 56.4 Å². The Labute approximate surface area is 176 Å². The van der Waals surface area contributed by atoms with Crippen LogP contribution < -0.4 is 4.72 Å². The minimum Gasteiger partial charge on any atom is -0.326 e. The van der Waals surface area contributed by atoms with E-state index in [4.69, 9.17) is 0 Å². The van der Waals surface area contributed by atoms with Gasteiger partial charge in [-0.3, -0.25) is 4.90 Å². The van der Waals surface area contributed by atoms with Crippen molar-refractivity contribution in [1.29, 1.82) is 0 Å². The van der Waals surface area contributed by atoms with Crippen LogP contribution in [0.5, 0.6) is 0 Å². The smallest absolute Gasteiger partial charge is 0.107 e. The lowest BCUT2D eigenvalue weighted by molar-refractivity contribution is 0.194. The van der Waals surface area contributed by atoms with Crippen LogP contribution in [-0.2, 0) is 32.2 Å². The van der Waals surface area contributed by atoms with Gasteiger partial charge in [0, 0.05) is 17.1 Å². The van der Waals surface area contributed by atoms with E-state index in [1.165, 1.54) is 62.1 Å². The van der Waals surface area contributed by atoms with E-state index < -0.39 is 0 Å². The van der Waals surface area contributed by atoms with Crippen LogP contribution in [0.2, 0.25) is 0 Å². The number of aromatic nitrogens is 1. The molecule has 148 valence electrons. The third kappa shape index (κ3) is 3.53. The number of nitrogens with zero attached hydrogens (tertiary/aromatic N) is 2. The first kappa shape index (κ1) is 18.7. The Morgan fingerprint density at radius 1 is 1.18 bits per heavy atom. The van der Waals surface area contributed by atoms with Gasteiger partial charge in [-0.1, -0.05) is 12.1 Å². The van der Waals surface area contributed by atoms with Crippen LogP contribution >= 0.6 is 23.3 Å². The van der Waals surface area contributed by atoms with Crippen LogP contribution in [0.25, 0.3) is 0 Å². The molecular weight excluding hydrogens is 382 g/mol. The summed E-state index contributed by atoms with van der Waals surface area (Å²) >= 11 is 3.53. The Balaban J connectivity index is 1.28. The van der Waals surface area contributed by atoms with E-state index in [-0.39, 0.29) is 5.54 Å². The van der Waals surface area contributed by atoms with Crippen molar-refractivity contribution in [2.24, 2.45) is 0 Å². The number of thiazole rings is 1. The minimum absolute atomic E-state index is 0.140. The molecule has 2 aliphatic carbocycles. The molecule has 2 aromatic rings. The molecule has 1 aromatic carbocycles. The topological polar surface area (TPSA) is 28.2 Å². The summed E-state index contributed by atoms with van der Waals surface area (Å²) < 4.78 is 3.75. The molecule has 0 unspecified atom stereocenters. The molecule has 0 radical (unpaired) electrons. The lowest BCUT2D eigenvalue weighted by Crippen LogP contribution is -2.38. The first-order valence-corrected chi connectivity index (χ1v) is 12.4. The second kappa shape index (κ2) is 7.85. The molecule has 2 heterocycles. The van der Waals surface area contributed by atoms with Crippen LogP contribution in [0.3, 0.4) is 0 Å². The van der Waals surface area contributed by atoms with Crippen molar-refractivity contribution < 1.29 is 0 Å². The van der Waals surface area contributed by atoms with E-state index in [0.717, 1.165) is 13.1 Å². The Hall–Kier alpha value is -1.30. The predicted molar refractivity (Wildman–Crippen MR) is 121 cm³/mol. The van der Waals surface area contributed by atoms with Crippen molar-refractivity contribution in [1.82, 2.24) is 9.88 Å². The normalized spacial score (nSPS) is 24.2. The number of rotatable bonds is 6. The van der Waals surface area contributed by atoms with Crippen LogP contribution in [0.4, 0.5) is 5.69 Å².